The number of rotatable bonds is 6. The summed E-state index contributed by atoms with van der Waals surface area (Å²) in [7, 11) is 0. The summed E-state index contributed by atoms with van der Waals surface area (Å²) in [6, 6.07) is 4.77. The van der Waals surface area contributed by atoms with Crippen molar-refractivity contribution in [1.29, 1.82) is 0 Å². The number of carbonyl (C=O) groups excluding carboxylic acids is 2. The first-order valence-corrected chi connectivity index (χ1v) is 7.17. The molecular weight excluding hydrogens is 292 g/mol. The molecule has 0 heterocycles. The normalized spacial score (nSPS) is 12.1. The summed E-state index contributed by atoms with van der Waals surface area (Å²) in [6.07, 6.45) is 0. The fraction of sp³-hybridized carbons (Fsp3) is 0.467. The highest BCUT2D eigenvalue weighted by Crippen LogP contribution is 2.22. The maximum atomic E-state index is 11.8. The molecule has 5 nitrogen and oxygen atoms in total. The quantitative estimate of drug-likeness (QED) is 0.746. The van der Waals surface area contributed by atoms with Crippen LogP contribution in [0.1, 0.15) is 37.8 Å². The van der Waals surface area contributed by atoms with Crippen LogP contribution in [0.3, 0.4) is 0 Å². The summed E-state index contributed by atoms with van der Waals surface area (Å²) in [5, 5.41) is 14.7. The van der Waals surface area contributed by atoms with Gasteiger partial charge < -0.3 is 15.7 Å². The summed E-state index contributed by atoms with van der Waals surface area (Å²) in [5.41, 5.74) is 1.91. The Bertz CT molecular complexity index is 518. The lowest BCUT2D eigenvalue weighted by Crippen LogP contribution is -2.48. The molecule has 1 unspecified atom stereocenters. The number of amides is 2. The summed E-state index contributed by atoms with van der Waals surface area (Å²) in [6.45, 7) is 5.23. The van der Waals surface area contributed by atoms with E-state index >= 15 is 0 Å². The molecule has 0 aliphatic heterocycles. The minimum absolute atomic E-state index is 0.242. The second-order valence-corrected chi connectivity index (χ2v) is 5.57. The van der Waals surface area contributed by atoms with Gasteiger partial charge in [-0.3, -0.25) is 9.59 Å². The molecule has 0 aliphatic rings. The summed E-state index contributed by atoms with van der Waals surface area (Å²) in [4.78, 5) is 22.8. The summed E-state index contributed by atoms with van der Waals surface area (Å²) in [5.74, 6) is -0.440. The second-order valence-electron chi connectivity index (χ2n) is 5.16. The van der Waals surface area contributed by atoms with Crippen molar-refractivity contribution in [1.82, 2.24) is 10.6 Å². The van der Waals surface area contributed by atoms with Crippen LogP contribution in [0.2, 0.25) is 5.02 Å². The molecule has 0 saturated heterocycles. The van der Waals surface area contributed by atoms with Gasteiger partial charge in [0.25, 0.3) is 0 Å². The van der Waals surface area contributed by atoms with Gasteiger partial charge in [-0.05, 0) is 23.1 Å². The maximum absolute atomic E-state index is 11.8. The van der Waals surface area contributed by atoms with Gasteiger partial charge in [0.15, 0.2) is 0 Å². The largest absolute Gasteiger partial charge is 0.394 e. The van der Waals surface area contributed by atoms with E-state index in [9.17, 15) is 9.59 Å². The van der Waals surface area contributed by atoms with Crippen molar-refractivity contribution in [3.63, 3.8) is 0 Å². The molecule has 0 aromatic heterocycles. The highest BCUT2D eigenvalue weighted by molar-refractivity contribution is 6.31. The van der Waals surface area contributed by atoms with Crippen LogP contribution in [0.5, 0.6) is 0 Å². The molecule has 0 saturated carbocycles. The van der Waals surface area contributed by atoms with Gasteiger partial charge in [-0.25, -0.2) is 0 Å². The van der Waals surface area contributed by atoms with Crippen LogP contribution in [0.4, 0.5) is 0 Å². The van der Waals surface area contributed by atoms with Crippen molar-refractivity contribution in [3.05, 3.63) is 34.3 Å². The highest BCUT2D eigenvalue weighted by atomic mass is 35.5. The topological polar surface area (TPSA) is 78.4 Å². The molecule has 1 rings (SSSR count). The van der Waals surface area contributed by atoms with Crippen molar-refractivity contribution in [3.8, 4) is 0 Å². The molecule has 0 fully saturated rings. The van der Waals surface area contributed by atoms with Gasteiger partial charge in [-0.2, -0.15) is 0 Å². The molecule has 2 amide bonds. The molecule has 3 N–H and O–H groups in total. The zero-order valence-electron chi connectivity index (χ0n) is 12.4. The Kier molecular flexibility index (Phi) is 6.65. The second kappa shape index (κ2) is 8.00. The zero-order chi connectivity index (χ0) is 16.0. The molecule has 116 valence electrons. The predicted molar refractivity (Wildman–Crippen MR) is 82.1 cm³/mol. The van der Waals surface area contributed by atoms with Gasteiger partial charge in [-0.15, -0.1) is 0 Å². The standard InChI is InChI=1S/C15H21ClN2O3/c1-9(2)11-4-5-12(13(16)6-11)7-17-15(21)14(8-19)18-10(3)20/h4-6,9,14,19H,7-8H2,1-3H3,(H,17,21)(H,18,20). The van der Waals surface area contributed by atoms with Gasteiger partial charge in [-0.1, -0.05) is 37.6 Å². The molecule has 1 atom stereocenters. The Hall–Kier alpha value is -1.59. The van der Waals surface area contributed by atoms with E-state index in [0.717, 1.165) is 11.1 Å². The minimum atomic E-state index is -0.948. The van der Waals surface area contributed by atoms with E-state index in [1.54, 1.807) is 0 Å². The fourth-order valence-corrected chi connectivity index (χ4v) is 2.07. The van der Waals surface area contributed by atoms with E-state index in [2.05, 4.69) is 24.5 Å². The summed E-state index contributed by atoms with van der Waals surface area (Å²) >= 11 is 6.18. The van der Waals surface area contributed by atoms with E-state index in [1.807, 2.05) is 18.2 Å². The van der Waals surface area contributed by atoms with Crippen LogP contribution >= 0.6 is 11.6 Å². The molecule has 0 aliphatic carbocycles. The smallest absolute Gasteiger partial charge is 0.245 e. The lowest BCUT2D eigenvalue weighted by Gasteiger charge is -2.16. The Balaban J connectivity index is 2.66. The number of aliphatic hydroxyl groups excluding tert-OH is 1. The molecule has 21 heavy (non-hydrogen) atoms. The van der Waals surface area contributed by atoms with Gasteiger partial charge >= 0.3 is 0 Å². The number of aliphatic hydroxyl groups is 1. The Morgan fingerprint density at radius 1 is 1.33 bits per heavy atom. The Morgan fingerprint density at radius 3 is 2.48 bits per heavy atom. The van der Waals surface area contributed by atoms with Crippen LogP contribution in [0.15, 0.2) is 18.2 Å². The molecule has 0 bridgehead atoms. The average Bonchev–Trinajstić information content (AvgIpc) is 2.42. The van der Waals surface area contributed by atoms with Crippen LogP contribution < -0.4 is 10.6 Å². The third kappa shape index (κ3) is 5.36. The van der Waals surface area contributed by atoms with Gasteiger partial charge in [0.2, 0.25) is 11.8 Å². The van der Waals surface area contributed by atoms with Crippen molar-refractivity contribution < 1.29 is 14.7 Å². The van der Waals surface area contributed by atoms with Crippen molar-refractivity contribution in [2.45, 2.75) is 39.3 Å². The molecule has 1 aromatic carbocycles. The molecule has 0 spiro atoms. The number of halogens is 1. The first-order valence-electron chi connectivity index (χ1n) is 6.79. The first-order chi connectivity index (χ1) is 9.85. The predicted octanol–water partition coefficient (Wildman–Crippen LogP) is 1.58. The van der Waals surface area contributed by atoms with Crippen LogP contribution in [-0.2, 0) is 16.1 Å². The lowest BCUT2D eigenvalue weighted by molar-refractivity contribution is -0.129. The fourth-order valence-electron chi connectivity index (χ4n) is 1.81. The SMILES string of the molecule is CC(=O)NC(CO)C(=O)NCc1ccc(C(C)C)cc1Cl. The Morgan fingerprint density at radius 2 is 2.00 bits per heavy atom. The van der Waals surface area contributed by atoms with E-state index in [1.165, 1.54) is 6.92 Å². The van der Waals surface area contributed by atoms with E-state index < -0.39 is 18.6 Å². The Labute approximate surface area is 129 Å². The van der Waals surface area contributed by atoms with Gasteiger partial charge in [0.05, 0.1) is 6.61 Å². The highest BCUT2D eigenvalue weighted by Gasteiger charge is 2.18. The van der Waals surface area contributed by atoms with Gasteiger partial charge in [0.1, 0.15) is 6.04 Å². The number of hydrogen-bond acceptors (Lipinski definition) is 3. The monoisotopic (exact) mass is 312 g/mol. The average molecular weight is 313 g/mol. The zero-order valence-corrected chi connectivity index (χ0v) is 13.2. The first kappa shape index (κ1) is 17.5. The number of hydrogen-bond donors (Lipinski definition) is 3. The van der Waals surface area contributed by atoms with Crippen molar-refractivity contribution in [2.24, 2.45) is 0 Å². The molecule has 0 radical (unpaired) electrons. The minimum Gasteiger partial charge on any atom is -0.394 e. The third-order valence-electron chi connectivity index (χ3n) is 3.07. The van der Waals surface area contributed by atoms with E-state index in [4.69, 9.17) is 16.7 Å². The third-order valence-corrected chi connectivity index (χ3v) is 3.43. The maximum Gasteiger partial charge on any atom is 0.245 e. The van der Waals surface area contributed by atoms with Crippen LogP contribution in [0, 0.1) is 0 Å². The number of nitrogens with one attached hydrogen (secondary N) is 2. The van der Waals surface area contributed by atoms with Crippen LogP contribution in [0.25, 0.3) is 0 Å². The number of benzene rings is 1. The number of carbonyl (C=O) groups is 2. The van der Waals surface area contributed by atoms with Crippen LogP contribution in [-0.4, -0.2) is 29.6 Å². The molecule has 1 aromatic rings. The van der Waals surface area contributed by atoms with Gasteiger partial charge in [0, 0.05) is 18.5 Å². The van der Waals surface area contributed by atoms with E-state index in [-0.39, 0.29) is 12.5 Å². The molecular formula is C15H21ClN2O3. The van der Waals surface area contributed by atoms with Crippen molar-refractivity contribution in [2.75, 3.05) is 6.61 Å². The van der Waals surface area contributed by atoms with Crippen molar-refractivity contribution >= 4 is 23.4 Å². The summed E-state index contributed by atoms with van der Waals surface area (Å²) < 4.78 is 0. The lowest BCUT2D eigenvalue weighted by atomic mass is 10.0. The molecule has 6 heteroatoms. The van der Waals surface area contributed by atoms with E-state index in [0.29, 0.717) is 10.9 Å².